The summed E-state index contributed by atoms with van der Waals surface area (Å²) < 4.78 is 0. The fourth-order valence-electron chi connectivity index (χ4n) is 4.07. The fourth-order valence-corrected chi connectivity index (χ4v) is 4.77. The third-order valence-corrected chi connectivity index (χ3v) is 6.78. The first-order chi connectivity index (χ1) is 15.2. The van der Waals surface area contributed by atoms with Crippen molar-refractivity contribution in [3.63, 3.8) is 0 Å². The van der Waals surface area contributed by atoms with Crippen molar-refractivity contribution in [3.8, 4) is 0 Å². The molecule has 1 atom stereocenters. The molecule has 0 aliphatic carbocycles. The quantitative estimate of drug-likeness (QED) is 0.539. The Morgan fingerprint density at radius 2 is 1.65 bits per heavy atom. The minimum Gasteiger partial charge on any atom is -0.346 e. The fraction of sp³-hybridized carbons (Fsp3) is 0.360. The molecule has 2 heterocycles. The van der Waals surface area contributed by atoms with Gasteiger partial charge in [-0.2, -0.15) is 0 Å². The van der Waals surface area contributed by atoms with E-state index in [1.54, 1.807) is 11.3 Å². The minimum absolute atomic E-state index is 0.127. The monoisotopic (exact) mass is 434 g/mol. The zero-order valence-electron chi connectivity index (χ0n) is 18.1. The first-order valence-corrected chi connectivity index (χ1v) is 11.8. The molecule has 1 saturated heterocycles. The molecule has 1 aliphatic rings. The van der Waals surface area contributed by atoms with Gasteiger partial charge in [0.2, 0.25) is 5.91 Å². The first-order valence-electron chi connectivity index (χ1n) is 11.0. The van der Waals surface area contributed by atoms with Crippen molar-refractivity contribution in [3.05, 3.63) is 83.4 Å². The average Bonchev–Trinajstić information content (AvgIpc) is 3.37. The van der Waals surface area contributed by atoms with E-state index in [-0.39, 0.29) is 11.9 Å². The Bertz CT molecular complexity index is 925. The van der Waals surface area contributed by atoms with Crippen molar-refractivity contribution in [1.29, 1.82) is 0 Å². The van der Waals surface area contributed by atoms with Crippen molar-refractivity contribution >= 4 is 22.4 Å². The summed E-state index contributed by atoms with van der Waals surface area (Å²) in [5, 5.41) is 3.09. The number of thiazole rings is 1. The number of carbonyl (C=O) groups excluding carboxylic acids is 1. The molecule has 1 amide bonds. The van der Waals surface area contributed by atoms with Crippen molar-refractivity contribution in [2.45, 2.75) is 25.9 Å². The molecule has 2 aromatic carbocycles. The number of anilines is 1. The molecule has 0 bridgehead atoms. The number of benzene rings is 2. The standard InChI is InChI=1S/C25H30N4OS/c1-21(27-15-17-28(18-16-27)25-26-13-19-31-25)24(30)29(20-23-10-6-3-7-11-23)14-12-22-8-4-2-5-9-22/h2-11,13,19,21H,12,14-18,20H2,1H3/t21-/m0/s1. The Labute approximate surface area is 188 Å². The number of hydrogen-bond donors (Lipinski definition) is 0. The van der Waals surface area contributed by atoms with Gasteiger partial charge in [0.05, 0.1) is 6.04 Å². The van der Waals surface area contributed by atoms with Crippen LogP contribution in [-0.2, 0) is 17.8 Å². The molecule has 31 heavy (non-hydrogen) atoms. The molecular formula is C25H30N4OS. The van der Waals surface area contributed by atoms with Gasteiger partial charge in [0.25, 0.3) is 0 Å². The van der Waals surface area contributed by atoms with Crippen LogP contribution in [0.25, 0.3) is 0 Å². The van der Waals surface area contributed by atoms with E-state index in [0.717, 1.165) is 44.3 Å². The predicted molar refractivity (Wildman–Crippen MR) is 127 cm³/mol. The summed E-state index contributed by atoms with van der Waals surface area (Å²) in [5.41, 5.74) is 2.43. The van der Waals surface area contributed by atoms with E-state index >= 15 is 0 Å². The highest BCUT2D eigenvalue weighted by atomic mass is 32.1. The summed E-state index contributed by atoms with van der Waals surface area (Å²) in [6.07, 6.45) is 2.72. The van der Waals surface area contributed by atoms with E-state index in [9.17, 15) is 4.79 Å². The highest BCUT2D eigenvalue weighted by Gasteiger charge is 2.29. The van der Waals surface area contributed by atoms with Gasteiger partial charge in [-0.15, -0.1) is 11.3 Å². The highest BCUT2D eigenvalue weighted by molar-refractivity contribution is 7.13. The third kappa shape index (κ3) is 5.71. The van der Waals surface area contributed by atoms with Crippen LogP contribution in [0.2, 0.25) is 0 Å². The summed E-state index contributed by atoms with van der Waals surface area (Å²) in [4.78, 5) is 24.6. The largest absolute Gasteiger partial charge is 0.346 e. The zero-order valence-corrected chi connectivity index (χ0v) is 18.9. The predicted octanol–water partition coefficient (Wildman–Crippen LogP) is 3.93. The smallest absolute Gasteiger partial charge is 0.239 e. The van der Waals surface area contributed by atoms with Crippen molar-refractivity contribution in [2.24, 2.45) is 0 Å². The van der Waals surface area contributed by atoms with Crippen LogP contribution in [-0.4, -0.2) is 59.5 Å². The van der Waals surface area contributed by atoms with Crippen LogP contribution in [0.1, 0.15) is 18.1 Å². The van der Waals surface area contributed by atoms with Crippen LogP contribution in [0, 0.1) is 0 Å². The van der Waals surface area contributed by atoms with Gasteiger partial charge in [0.1, 0.15) is 0 Å². The second-order valence-electron chi connectivity index (χ2n) is 7.99. The van der Waals surface area contributed by atoms with E-state index in [1.807, 2.05) is 40.7 Å². The maximum atomic E-state index is 13.5. The molecule has 3 aromatic rings. The van der Waals surface area contributed by atoms with E-state index < -0.39 is 0 Å². The van der Waals surface area contributed by atoms with Gasteiger partial charge in [-0.25, -0.2) is 4.98 Å². The first kappa shape index (κ1) is 21.5. The highest BCUT2D eigenvalue weighted by Crippen LogP contribution is 2.20. The molecular weight excluding hydrogens is 404 g/mol. The molecule has 6 heteroatoms. The van der Waals surface area contributed by atoms with E-state index in [2.05, 4.69) is 58.1 Å². The van der Waals surface area contributed by atoms with Crippen LogP contribution in [0.3, 0.4) is 0 Å². The van der Waals surface area contributed by atoms with Crippen molar-refractivity contribution in [1.82, 2.24) is 14.8 Å². The number of nitrogens with zero attached hydrogens (tertiary/aromatic N) is 4. The SMILES string of the molecule is C[C@@H](C(=O)N(CCc1ccccc1)Cc1ccccc1)N1CCN(c2nccs2)CC1. The molecule has 1 fully saturated rings. The van der Waals surface area contributed by atoms with E-state index in [4.69, 9.17) is 0 Å². The van der Waals surface area contributed by atoms with Crippen LogP contribution in [0.5, 0.6) is 0 Å². The number of carbonyl (C=O) groups is 1. The lowest BCUT2D eigenvalue weighted by molar-refractivity contribution is -0.137. The van der Waals surface area contributed by atoms with Gasteiger partial charge in [-0.3, -0.25) is 9.69 Å². The normalized spacial score (nSPS) is 15.6. The summed E-state index contributed by atoms with van der Waals surface area (Å²) in [6, 6.07) is 20.6. The number of piperazine rings is 1. The molecule has 4 rings (SSSR count). The summed E-state index contributed by atoms with van der Waals surface area (Å²) in [5.74, 6) is 0.211. The number of aromatic nitrogens is 1. The number of rotatable bonds is 8. The van der Waals surface area contributed by atoms with Gasteiger partial charge in [-0.05, 0) is 24.5 Å². The maximum absolute atomic E-state index is 13.5. The third-order valence-electron chi connectivity index (χ3n) is 5.95. The topological polar surface area (TPSA) is 39.7 Å². The molecule has 1 aliphatic heterocycles. The van der Waals surface area contributed by atoms with Crippen LogP contribution >= 0.6 is 11.3 Å². The van der Waals surface area contributed by atoms with E-state index in [1.165, 1.54) is 11.1 Å². The molecule has 1 aromatic heterocycles. The number of hydrogen-bond acceptors (Lipinski definition) is 5. The van der Waals surface area contributed by atoms with Gasteiger partial charge in [-0.1, -0.05) is 60.7 Å². The number of amides is 1. The van der Waals surface area contributed by atoms with Crippen LogP contribution < -0.4 is 4.90 Å². The molecule has 0 unspecified atom stereocenters. The lowest BCUT2D eigenvalue weighted by atomic mass is 10.1. The van der Waals surface area contributed by atoms with Gasteiger partial charge >= 0.3 is 0 Å². The van der Waals surface area contributed by atoms with Crippen LogP contribution in [0.4, 0.5) is 5.13 Å². The van der Waals surface area contributed by atoms with Crippen molar-refractivity contribution in [2.75, 3.05) is 37.6 Å². The van der Waals surface area contributed by atoms with E-state index in [0.29, 0.717) is 6.54 Å². The second kappa shape index (κ2) is 10.6. The lowest BCUT2D eigenvalue weighted by Crippen LogP contribution is -2.54. The summed E-state index contributed by atoms with van der Waals surface area (Å²) in [6.45, 7) is 7.01. The van der Waals surface area contributed by atoms with Gasteiger partial charge < -0.3 is 9.80 Å². The lowest BCUT2D eigenvalue weighted by Gasteiger charge is -2.39. The minimum atomic E-state index is -0.127. The molecule has 0 spiro atoms. The average molecular weight is 435 g/mol. The molecule has 0 N–H and O–H groups in total. The van der Waals surface area contributed by atoms with Crippen LogP contribution in [0.15, 0.2) is 72.2 Å². The Hall–Kier alpha value is -2.70. The summed E-state index contributed by atoms with van der Waals surface area (Å²) >= 11 is 1.68. The molecule has 5 nitrogen and oxygen atoms in total. The second-order valence-corrected chi connectivity index (χ2v) is 8.87. The molecule has 162 valence electrons. The van der Waals surface area contributed by atoms with Crippen molar-refractivity contribution < 1.29 is 4.79 Å². The Morgan fingerprint density at radius 3 is 2.26 bits per heavy atom. The summed E-state index contributed by atoms with van der Waals surface area (Å²) in [7, 11) is 0. The zero-order chi connectivity index (χ0) is 21.5. The molecule has 0 saturated carbocycles. The molecule has 0 radical (unpaired) electrons. The van der Waals surface area contributed by atoms with Gasteiger partial charge in [0, 0.05) is 50.8 Å². The Balaban J connectivity index is 1.40. The maximum Gasteiger partial charge on any atom is 0.239 e. The Kier molecular flexibility index (Phi) is 7.33. The van der Waals surface area contributed by atoms with Gasteiger partial charge in [0.15, 0.2) is 5.13 Å². The Morgan fingerprint density at radius 1 is 1.00 bits per heavy atom.